The number of benzene rings is 2. The Bertz CT molecular complexity index is 1140. The van der Waals surface area contributed by atoms with Crippen LogP contribution in [-0.4, -0.2) is 50.5 Å². The van der Waals surface area contributed by atoms with E-state index in [-0.39, 0.29) is 37.7 Å². The SMILES string of the molecule is CCCCNC(=O)[C@H](C)N(Cc1c(Cl)cccc1Cl)C(=O)CCCN(c1ccccc1C)S(C)(=O)=O. The number of aryl methyl sites for hydroxylation is 1. The number of sulfonamides is 1. The molecule has 0 aliphatic heterocycles. The van der Waals surface area contributed by atoms with Gasteiger partial charge in [-0.05, 0) is 50.5 Å². The number of anilines is 1. The van der Waals surface area contributed by atoms with Gasteiger partial charge in [0.05, 0.1) is 11.9 Å². The minimum absolute atomic E-state index is 0.0482. The van der Waals surface area contributed by atoms with E-state index in [0.717, 1.165) is 24.7 Å². The molecular formula is C26H35Cl2N3O4S. The topological polar surface area (TPSA) is 86.8 Å². The first kappa shape index (κ1) is 29.9. The van der Waals surface area contributed by atoms with E-state index in [2.05, 4.69) is 5.32 Å². The Morgan fingerprint density at radius 1 is 1.03 bits per heavy atom. The minimum atomic E-state index is -3.55. The van der Waals surface area contributed by atoms with Gasteiger partial charge < -0.3 is 10.2 Å². The zero-order chi connectivity index (χ0) is 26.9. The van der Waals surface area contributed by atoms with Crippen molar-refractivity contribution in [1.82, 2.24) is 10.2 Å². The number of amides is 2. The molecule has 0 aromatic heterocycles. The highest BCUT2D eigenvalue weighted by atomic mass is 35.5. The van der Waals surface area contributed by atoms with Crippen LogP contribution in [0.2, 0.25) is 10.0 Å². The monoisotopic (exact) mass is 555 g/mol. The van der Waals surface area contributed by atoms with Crippen molar-refractivity contribution in [2.24, 2.45) is 0 Å². The average molecular weight is 557 g/mol. The standard InChI is InChI=1S/C26H35Cl2N3O4S/c1-5-6-16-29-26(33)20(3)30(18-21-22(27)12-9-13-23(21)28)25(32)15-10-17-31(36(4,34)35)24-14-8-7-11-19(24)2/h7-9,11-14,20H,5-6,10,15-18H2,1-4H3,(H,29,33)/t20-/m0/s1. The Morgan fingerprint density at radius 3 is 2.25 bits per heavy atom. The van der Waals surface area contributed by atoms with Crippen molar-refractivity contribution < 1.29 is 18.0 Å². The first-order chi connectivity index (χ1) is 17.0. The van der Waals surface area contributed by atoms with Crippen LogP contribution in [0, 0.1) is 6.92 Å². The number of para-hydroxylation sites is 1. The number of halogens is 2. The molecule has 1 N–H and O–H groups in total. The van der Waals surface area contributed by atoms with Crippen molar-refractivity contribution in [1.29, 1.82) is 0 Å². The van der Waals surface area contributed by atoms with E-state index in [1.807, 2.05) is 26.0 Å². The van der Waals surface area contributed by atoms with Gasteiger partial charge in [0.25, 0.3) is 0 Å². The first-order valence-electron chi connectivity index (χ1n) is 12.0. The lowest BCUT2D eigenvalue weighted by atomic mass is 10.1. The first-order valence-corrected chi connectivity index (χ1v) is 14.6. The number of carbonyl (C=O) groups is 2. The highest BCUT2D eigenvalue weighted by molar-refractivity contribution is 7.92. The van der Waals surface area contributed by atoms with Crippen LogP contribution in [-0.2, 0) is 26.2 Å². The van der Waals surface area contributed by atoms with E-state index >= 15 is 0 Å². The van der Waals surface area contributed by atoms with Gasteiger partial charge in [-0.15, -0.1) is 0 Å². The maximum absolute atomic E-state index is 13.4. The summed E-state index contributed by atoms with van der Waals surface area (Å²) in [6.45, 7) is 6.25. The summed E-state index contributed by atoms with van der Waals surface area (Å²) in [6.07, 6.45) is 3.24. The molecule has 198 valence electrons. The largest absolute Gasteiger partial charge is 0.354 e. The summed E-state index contributed by atoms with van der Waals surface area (Å²) >= 11 is 12.7. The van der Waals surface area contributed by atoms with E-state index in [4.69, 9.17) is 23.2 Å². The Kier molecular flexibility index (Phi) is 11.5. The third-order valence-corrected chi connectivity index (χ3v) is 7.81. The maximum atomic E-state index is 13.4. The summed E-state index contributed by atoms with van der Waals surface area (Å²) in [7, 11) is -3.55. The molecule has 2 rings (SSSR count). The number of hydrogen-bond donors (Lipinski definition) is 1. The van der Waals surface area contributed by atoms with Crippen molar-refractivity contribution in [3.63, 3.8) is 0 Å². The fraction of sp³-hybridized carbons (Fsp3) is 0.462. The molecule has 0 spiro atoms. The fourth-order valence-corrected chi connectivity index (χ4v) is 5.34. The van der Waals surface area contributed by atoms with Crippen molar-refractivity contribution in [3.05, 3.63) is 63.6 Å². The van der Waals surface area contributed by atoms with Gasteiger partial charge >= 0.3 is 0 Å². The second-order valence-corrected chi connectivity index (χ2v) is 11.5. The molecule has 0 unspecified atom stereocenters. The number of hydrogen-bond acceptors (Lipinski definition) is 4. The van der Waals surface area contributed by atoms with Crippen LogP contribution in [0.5, 0.6) is 0 Å². The quantitative estimate of drug-likeness (QED) is 0.345. The molecule has 1 atom stereocenters. The van der Waals surface area contributed by atoms with Gasteiger partial charge in [0.2, 0.25) is 21.8 Å². The second kappa shape index (κ2) is 13.9. The lowest BCUT2D eigenvalue weighted by Crippen LogP contribution is -2.48. The van der Waals surface area contributed by atoms with Gasteiger partial charge in [-0.1, -0.05) is 60.8 Å². The van der Waals surface area contributed by atoms with Crippen molar-refractivity contribution >= 4 is 50.7 Å². The lowest BCUT2D eigenvalue weighted by molar-refractivity contribution is -0.140. The van der Waals surface area contributed by atoms with E-state index in [1.54, 1.807) is 37.3 Å². The number of rotatable bonds is 13. The summed E-state index contributed by atoms with van der Waals surface area (Å²) in [6, 6.07) is 11.5. The lowest BCUT2D eigenvalue weighted by Gasteiger charge is -2.30. The maximum Gasteiger partial charge on any atom is 0.242 e. The zero-order valence-electron chi connectivity index (χ0n) is 21.3. The second-order valence-electron chi connectivity index (χ2n) is 8.77. The van der Waals surface area contributed by atoms with Gasteiger partial charge in [-0.3, -0.25) is 13.9 Å². The smallest absolute Gasteiger partial charge is 0.242 e. The highest BCUT2D eigenvalue weighted by Crippen LogP contribution is 2.27. The van der Waals surface area contributed by atoms with Crippen LogP contribution in [0.25, 0.3) is 0 Å². The van der Waals surface area contributed by atoms with E-state index in [9.17, 15) is 18.0 Å². The molecule has 0 saturated carbocycles. The van der Waals surface area contributed by atoms with E-state index in [1.165, 1.54) is 9.21 Å². The predicted molar refractivity (Wildman–Crippen MR) is 147 cm³/mol. The van der Waals surface area contributed by atoms with Crippen LogP contribution in [0.1, 0.15) is 50.7 Å². The average Bonchev–Trinajstić information content (AvgIpc) is 2.81. The highest BCUT2D eigenvalue weighted by Gasteiger charge is 2.28. The number of nitrogens with zero attached hydrogens (tertiary/aromatic N) is 2. The van der Waals surface area contributed by atoms with Gasteiger partial charge in [-0.2, -0.15) is 0 Å². The molecule has 0 aliphatic carbocycles. The number of carbonyl (C=O) groups excluding carboxylic acids is 2. The van der Waals surface area contributed by atoms with Crippen molar-refractivity contribution in [2.75, 3.05) is 23.7 Å². The van der Waals surface area contributed by atoms with Crippen molar-refractivity contribution in [2.45, 2.75) is 59.0 Å². The molecule has 0 bridgehead atoms. The molecule has 2 amide bonds. The van der Waals surface area contributed by atoms with Gasteiger partial charge in [0, 0.05) is 41.7 Å². The summed E-state index contributed by atoms with van der Waals surface area (Å²) in [5, 5.41) is 3.68. The molecule has 0 radical (unpaired) electrons. The summed E-state index contributed by atoms with van der Waals surface area (Å²) in [5.41, 5.74) is 1.96. The number of nitrogens with one attached hydrogen (secondary N) is 1. The molecule has 7 nitrogen and oxygen atoms in total. The number of unbranched alkanes of at least 4 members (excludes halogenated alkanes) is 1. The van der Waals surface area contributed by atoms with E-state index in [0.29, 0.717) is 27.8 Å². The van der Waals surface area contributed by atoms with Crippen LogP contribution in [0.3, 0.4) is 0 Å². The molecular weight excluding hydrogens is 521 g/mol. The van der Waals surface area contributed by atoms with Crippen LogP contribution in [0.15, 0.2) is 42.5 Å². The molecule has 36 heavy (non-hydrogen) atoms. The van der Waals surface area contributed by atoms with Gasteiger partial charge in [-0.25, -0.2) is 8.42 Å². The third-order valence-electron chi connectivity index (χ3n) is 5.92. The normalized spacial score (nSPS) is 12.2. The molecule has 0 aliphatic rings. The molecule has 2 aromatic carbocycles. The Hall–Kier alpha value is -2.29. The van der Waals surface area contributed by atoms with Crippen molar-refractivity contribution in [3.8, 4) is 0 Å². The predicted octanol–water partition coefficient (Wildman–Crippen LogP) is 5.18. The fourth-order valence-electron chi connectivity index (χ4n) is 3.80. The molecule has 0 saturated heterocycles. The molecule has 0 fully saturated rings. The summed E-state index contributed by atoms with van der Waals surface area (Å²) < 4.78 is 26.3. The van der Waals surface area contributed by atoms with Crippen LogP contribution >= 0.6 is 23.2 Å². The van der Waals surface area contributed by atoms with Crippen LogP contribution in [0.4, 0.5) is 5.69 Å². The molecule has 0 heterocycles. The molecule has 10 heteroatoms. The Balaban J connectivity index is 2.21. The molecule has 2 aromatic rings. The summed E-state index contributed by atoms with van der Waals surface area (Å²) in [4.78, 5) is 27.6. The van der Waals surface area contributed by atoms with E-state index < -0.39 is 16.1 Å². The van der Waals surface area contributed by atoms with Gasteiger partial charge in [0.1, 0.15) is 6.04 Å². The minimum Gasteiger partial charge on any atom is -0.354 e. The zero-order valence-corrected chi connectivity index (χ0v) is 23.6. The Labute approximate surface area is 224 Å². The third kappa shape index (κ3) is 8.39. The Morgan fingerprint density at radius 2 is 1.67 bits per heavy atom. The van der Waals surface area contributed by atoms with Gasteiger partial charge in [0.15, 0.2) is 0 Å². The van der Waals surface area contributed by atoms with Crippen LogP contribution < -0.4 is 9.62 Å². The summed E-state index contributed by atoms with van der Waals surface area (Å²) in [5.74, 6) is -0.556.